The minimum atomic E-state index is 0.703. The van der Waals surface area contributed by atoms with Gasteiger partial charge in [-0.05, 0) is 24.6 Å². The molecule has 2 nitrogen and oxygen atoms in total. The number of nitrogens with one attached hydrogen (secondary N) is 1. The minimum Gasteiger partial charge on any atom is -0.378 e. The third-order valence-corrected chi connectivity index (χ3v) is 3.76. The molecular formula is C11H10BrClN2S. The molecule has 1 aromatic heterocycles. The van der Waals surface area contributed by atoms with Crippen molar-refractivity contribution in [3.8, 4) is 0 Å². The second-order valence-corrected chi connectivity index (χ2v) is 6.03. The van der Waals surface area contributed by atoms with Crippen LogP contribution in [-0.4, -0.2) is 4.98 Å². The maximum atomic E-state index is 5.82. The van der Waals surface area contributed by atoms with Crippen molar-refractivity contribution in [3.63, 3.8) is 0 Å². The molecule has 2 aromatic rings. The lowest BCUT2D eigenvalue weighted by molar-refractivity contribution is 1.10. The number of aryl methyl sites for hydroxylation is 1. The molecule has 0 unspecified atom stereocenters. The summed E-state index contributed by atoms with van der Waals surface area (Å²) in [5.41, 5.74) is 2.33. The van der Waals surface area contributed by atoms with Gasteiger partial charge in [0.25, 0.3) is 0 Å². The van der Waals surface area contributed by atoms with Crippen LogP contribution in [0.5, 0.6) is 0 Å². The third-order valence-electron chi connectivity index (χ3n) is 2.16. The lowest BCUT2D eigenvalue weighted by Gasteiger charge is -2.08. The summed E-state index contributed by atoms with van der Waals surface area (Å²) in [5, 5.41) is 4.33. The summed E-state index contributed by atoms with van der Waals surface area (Å²) in [6, 6.07) is 6.16. The van der Waals surface area contributed by atoms with Crippen LogP contribution in [0.25, 0.3) is 0 Å². The number of benzene rings is 1. The molecule has 0 aliphatic heterocycles. The van der Waals surface area contributed by atoms with E-state index in [-0.39, 0.29) is 0 Å². The average Bonchev–Trinajstić information content (AvgIpc) is 2.66. The molecule has 0 aliphatic carbocycles. The fourth-order valence-electron chi connectivity index (χ4n) is 1.33. The molecule has 0 fully saturated rings. The van der Waals surface area contributed by atoms with Gasteiger partial charge in [-0.15, -0.1) is 11.3 Å². The number of nitrogens with zero attached hydrogens (tertiary/aromatic N) is 1. The van der Waals surface area contributed by atoms with Crippen LogP contribution in [0.1, 0.15) is 10.6 Å². The maximum absolute atomic E-state index is 5.82. The van der Waals surface area contributed by atoms with E-state index >= 15 is 0 Å². The van der Waals surface area contributed by atoms with Crippen molar-refractivity contribution in [2.45, 2.75) is 13.5 Å². The predicted molar refractivity (Wildman–Crippen MR) is 73.3 cm³/mol. The second kappa shape index (κ2) is 5.17. The van der Waals surface area contributed by atoms with Crippen LogP contribution in [0.15, 0.2) is 28.9 Å². The summed E-state index contributed by atoms with van der Waals surface area (Å²) in [4.78, 5) is 4.20. The van der Waals surface area contributed by atoms with E-state index in [1.165, 1.54) is 16.9 Å². The van der Waals surface area contributed by atoms with Gasteiger partial charge in [0.1, 0.15) is 9.34 Å². The topological polar surface area (TPSA) is 24.9 Å². The zero-order chi connectivity index (χ0) is 11.5. The Kier molecular flexibility index (Phi) is 3.84. The second-order valence-electron chi connectivity index (χ2n) is 3.37. The van der Waals surface area contributed by atoms with Crippen molar-refractivity contribution in [2.75, 3.05) is 5.32 Å². The maximum Gasteiger partial charge on any atom is 0.113 e. The molecular weight excluding hydrogens is 308 g/mol. The zero-order valence-electron chi connectivity index (χ0n) is 8.63. The summed E-state index contributed by atoms with van der Waals surface area (Å²) in [5.74, 6) is 0. The molecule has 16 heavy (non-hydrogen) atoms. The quantitative estimate of drug-likeness (QED) is 0.903. The number of thiazole rings is 1. The van der Waals surface area contributed by atoms with E-state index in [1.807, 2.05) is 6.07 Å². The standard InChI is InChI=1S/C11H10BrClN2S/c1-7-2-3-8(12)4-9(7)14-6-11-15-5-10(13)16-11/h2-5,14H,6H2,1H3. The van der Waals surface area contributed by atoms with Crippen molar-refractivity contribution < 1.29 is 0 Å². The average molecular weight is 318 g/mol. The molecule has 0 radical (unpaired) electrons. The Morgan fingerprint density at radius 2 is 2.31 bits per heavy atom. The first-order valence-electron chi connectivity index (χ1n) is 4.75. The highest BCUT2D eigenvalue weighted by Crippen LogP contribution is 2.23. The molecule has 0 saturated carbocycles. The fourth-order valence-corrected chi connectivity index (χ4v) is 2.58. The fraction of sp³-hybridized carbons (Fsp3) is 0.182. The van der Waals surface area contributed by atoms with Crippen molar-refractivity contribution in [2.24, 2.45) is 0 Å². The Morgan fingerprint density at radius 1 is 1.50 bits per heavy atom. The zero-order valence-corrected chi connectivity index (χ0v) is 11.8. The first kappa shape index (κ1) is 11.9. The smallest absolute Gasteiger partial charge is 0.113 e. The van der Waals surface area contributed by atoms with Gasteiger partial charge in [-0.3, -0.25) is 0 Å². The SMILES string of the molecule is Cc1ccc(Br)cc1NCc1ncc(Cl)s1. The van der Waals surface area contributed by atoms with Crippen molar-refractivity contribution in [1.82, 2.24) is 4.98 Å². The highest BCUT2D eigenvalue weighted by Gasteiger charge is 2.02. The van der Waals surface area contributed by atoms with E-state index in [2.05, 4.69) is 45.3 Å². The van der Waals surface area contributed by atoms with Crippen LogP contribution < -0.4 is 5.32 Å². The van der Waals surface area contributed by atoms with Gasteiger partial charge < -0.3 is 5.32 Å². The van der Waals surface area contributed by atoms with E-state index < -0.39 is 0 Å². The van der Waals surface area contributed by atoms with Gasteiger partial charge in [-0.25, -0.2) is 4.98 Å². The van der Waals surface area contributed by atoms with E-state index in [9.17, 15) is 0 Å². The van der Waals surface area contributed by atoms with Crippen LogP contribution >= 0.6 is 38.9 Å². The van der Waals surface area contributed by atoms with E-state index in [0.29, 0.717) is 6.54 Å². The van der Waals surface area contributed by atoms with E-state index in [1.54, 1.807) is 6.20 Å². The van der Waals surface area contributed by atoms with Crippen LogP contribution in [0.3, 0.4) is 0 Å². The molecule has 2 rings (SSSR count). The number of anilines is 1. The van der Waals surface area contributed by atoms with E-state index in [4.69, 9.17) is 11.6 Å². The minimum absolute atomic E-state index is 0.703. The normalized spacial score (nSPS) is 10.4. The largest absolute Gasteiger partial charge is 0.378 e. The number of rotatable bonds is 3. The van der Waals surface area contributed by atoms with Crippen LogP contribution in [0, 0.1) is 6.92 Å². The van der Waals surface area contributed by atoms with Crippen LogP contribution in [0.2, 0.25) is 4.34 Å². The lowest BCUT2D eigenvalue weighted by atomic mass is 10.2. The third kappa shape index (κ3) is 2.97. The molecule has 0 bridgehead atoms. The molecule has 0 amide bonds. The first-order chi connectivity index (χ1) is 7.65. The molecule has 1 heterocycles. The molecule has 0 saturated heterocycles. The number of hydrogen-bond donors (Lipinski definition) is 1. The Hall–Kier alpha value is -0.580. The predicted octanol–water partition coefficient (Wildman–Crippen LogP) is 4.48. The molecule has 84 valence electrons. The van der Waals surface area contributed by atoms with Crippen molar-refractivity contribution >= 4 is 44.6 Å². The van der Waals surface area contributed by atoms with Gasteiger partial charge in [0.05, 0.1) is 12.7 Å². The monoisotopic (exact) mass is 316 g/mol. The van der Waals surface area contributed by atoms with Gasteiger partial charge in [0, 0.05) is 10.2 Å². The highest BCUT2D eigenvalue weighted by atomic mass is 79.9. The number of hydrogen-bond acceptors (Lipinski definition) is 3. The Balaban J connectivity index is 2.07. The summed E-state index contributed by atoms with van der Waals surface area (Å²) in [7, 11) is 0. The number of halogens is 2. The summed E-state index contributed by atoms with van der Waals surface area (Å²) >= 11 is 10.8. The first-order valence-corrected chi connectivity index (χ1v) is 6.74. The Morgan fingerprint density at radius 3 is 3.00 bits per heavy atom. The molecule has 1 aromatic carbocycles. The van der Waals surface area contributed by atoms with Crippen LogP contribution in [-0.2, 0) is 6.54 Å². The Bertz CT molecular complexity index is 498. The highest BCUT2D eigenvalue weighted by molar-refractivity contribution is 9.10. The molecule has 5 heteroatoms. The van der Waals surface area contributed by atoms with Gasteiger partial charge in [-0.2, -0.15) is 0 Å². The lowest BCUT2D eigenvalue weighted by Crippen LogP contribution is -2.00. The molecule has 0 atom stereocenters. The summed E-state index contributed by atoms with van der Waals surface area (Å²) < 4.78 is 1.79. The van der Waals surface area contributed by atoms with Gasteiger partial charge in [0.2, 0.25) is 0 Å². The van der Waals surface area contributed by atoms with Gasteiger partial charge in [0.15, 0.2) is 0 Å². The van der Waals surface area contributed by atoms with E-state index in [0.717, 1.165) is 19.5 Å². The molecule has 0 spiro atoms. The summed E-state index contributed by atoms with van der Waals surface area (Å²) in [6.45, 7) is 2.78. The van der Waals surface area contributed by atoms with Gasteiger partial charge in [-0.1, -0.05) is 33.6 Å². The molecule has 1 N–H and O–H groups in total. The van der Waals surface area contributed by atoms with Crippen LogP contribution in [0.4, 0.5) is 5.69 Å². The summed E-state index contributed by atoms with van der Waals surface area (Å²) in [6.07, 6.45) is 1.68. The number of aromatic nitrogens is 1. The van der Waals surface area contributed by atoms with Crippen molar-refractivity contribution in [1.29, 1.82) is 0 Å². The van der Waals surface area contributed by atoms with Gasteiger partial charge >= 0.3 is 0 Å². The Labute approximate surface area is 112 Å². The van der Waals surface area contributed by atoms with Crippen molar-refractivity contribution in [3.05, 3.63) is 43.8 Å². The molecule has 0 aliphatic rings.